The summed E-state index contributed by atoms with van der Waals surface area (Å²) in [7, 11) is 0. The standard InChI is InChI=1S/C16H22N2O/c1-4-18(11-12(2)3)16(19)14-9-10-17-15-8-6-5-7-13(14)15/h5-8,14,17H,2,4,9-11H2,1,3H3. The molecule has 1 heterocycles. The average molecular weight is 258 g/mol. The van der Waals surface area contributed by atoms with Crippen LogP contribution >= 0.6 is 0 Å². The number of carbonyl (C=O) groups excluding carboxylic acids is 1. The van der Waals surface area contributed by atoms with E-state index in [0.717, 1.165) is 36.3 Å². The molecule has 2 rings (SSSR count). The lowest BCUT2D eigenvalue weighted by molar-refractivity contribution is -0.132. The number of rotatable bonds is 4. The Kier molecular flexibility index (Phi) is 4.25. The van der Waals surface area contributed by atoms with Gasteiger partial charge in [0.15, 0.2) is 0 Å². The molecule has 19 heavy (non-hydrogen) atoms. The Morgan fingerprint density at radius 3 is 2.89 bits per heavy atom. The highest BCUT2D eigenvalue weighted by Crippen LogP contribution is 2.32. The first-order chi connectivity index (χ1) is 9.13. The van der Waals surface area contributed by atoms with Gasteiger partial charge in [0.05, 0.1) is 5.92 Å². The monoisotopic (exact) mass is 258 g/mol. The highest BCUT2D eigenvalue weighted by atomic mass is 16.2. The number of fused-ring (bicyclic) bond motifs is 1. The second-order valence-electron chi connectivity index (χ2n) is 5.16. The van der Waals surface area contributed by atoms with Gasteiger partial charge in [-0.2, -0.15) is 0 Å². The summed E-state index contributed by atoms with van der Waals surface area (Å²) in [5.41, 5.74) is 3.25. The Balaban J connectivity index is 2.22. The topological polar surface area (TPSA) is 32.3 Å². The predicted molar refractivity (Wildman–Crippen MR) is 79.4 cm³/mol. The summed E-state index contributed by atoms with van der Waals surface area (Å²) in [6.45, 7) is 10.1. The van der Waals surface area contributed by atoms with Gasteiger partial charge in [0, 0.05) is 25.3 Å². The molecule has 1 aliphatic rings. The third kappa shape index (κ3) is 2.98. The second-order valence-corrected chi connectivity index (χ2v) is 5.16. The maximum atomic E-state index is 12.7. The molecule has 0 spiro atoms. The Labute approximate surface area is 115 Å². The Morgan fingerprint density at radius 1 is 1.47 bits per heavy atom. The first kappa shape index (κ1) is 13.7. The summed E-state index contributed by atoms with van der Waals surface area (Å²) in [5, 5.41) is 3.36. The fraction of sp³-hybridized carbons (Fsp3) is 0.438. The Bertz CT molecular complexity index is 481. The van der Waals surface area contributed by atoms with Crippen LogP contribution in [0.1, 0.15) is 31.7 Å². The molecule has 3 heteroatoms. The zero-order chi connectivity index (χ0) is 13.8. The molecule has 0 radical (unpaired) electrons. The van der Waals surface area contributed by atoms with Crippen molar-refractivity contribution in [1.82, 2.24) is 4.90 Å². The van der Waals surface area contributed by atoms with Crippen molar-refractivity contribution in [2.24, 2.45) is 0 Å². The van der Waals surface area contributed by atoms with Gasteiger partial charge >= 0.3 is 0 Å². The van der Waals surface area contributed by atoms with Crippen LogP contribution in [0.15, 0.2) is 36.4 Å². The van der Waals surface area contributed by atoms with Gasteiger partial charge in [-0.3, -0.25) is 4.79 Å². The average Bonchev–Trinajstić information content (AvgIpc) is 2.43. The minimum absolute atomic E-state index is 0.0169. The van der Waals surface area contributed by atoms with Gasteiger partial charge in [-0.05, 0) is 31.9 Å². The second kappa shape index (κ2) is 5.91. The van der Waals surface area contributed by atoms with E-state index in [1.54, 1.807) is 0 Å². The van der Waals surface area contributed by atoms with Crippen molar-refractivity contribution in [3.05, 3.63) is 42.0 Å². The normalized spacial score (nSPS) is 17.3. The largest absolute Gasteiger partial charge is 0.385 e. The maximum Gasteiger partial charge on any atom is 0.230 e. The van der Waals surface area contributed by atoms with Gasteiger partial charge in [-0.1, -0.05) is 30.4 Å². The minimum atomic E-state index is -0.0169. The molecule has 1 aromatic carbocycles. The van der Waals surface area contributed by atoms with Gasteiger partial charge in [0.25, 0.3) is 0 Å². The summed E-state index contributed by atoms with van der Waals surface area (Å²) in [6.07, 6.45) is 0.864. The van der Waals surface area contributed by atoms with Crippen LogP contribution in [0, 0.1) is 0 Å². The molecule has 0 fully saturated rings. The lowest BCUT2D eigenvalue weighted by Crippen LogP contribution is -2.38. The van der Waals surface area contributed by atoms with Crippen LogP contribution in [0.2, 0.25) is 0 Å². The van der Waals surface area contributed by atoms with Gasteiger partial charge in [-0.25, -0.2) is 0 Å². The van der Waals surface area contributed by atoms with E-state index in [4.69, 9.17) is 0 Å². The molecule has 102 valence electrons. The fourth-order valence-electron chi connectivity index (χ4n) is 2.62. The number of amides is 1. The molecule has 1 unspecified atom stereocenters. The Morgan fingerprint density at radius 2 is 2.21 bits per heavy atom. The summed E-state index contributed by atoms with van der Waals surface area (Å²) < 4.78 is 0. The molecule has 1 aliphatic heterocycles. The van der Waals surface area contributed by atoms with E-state index in [1.165, 1.54) is 0 Å². The smallest absolute Gasteiger partial charge is 0.230 e. The van der Waals surface area contributed by atoms with E-state index in [2.05, 4.69) is 18.0 Å². The van der Waals surface area contributed by atoms with Crippen molar-refractivity contribution in [3.63, 3.8) is 0 Å². The Hall–Kier alpha value is -1.77. The number of anilines is 1. The van der Waals surface area contributed by atoms with Gasteiger partial charge in [-0.15, -0.1) is 0 Å². The van der Waals surface area contributed by atoms with Crippen LogP contribution in [0.5, 0.6) is 0 Å². The van der Waals surface area contributed by atoms with Crippen LogP contribution in [-0.4, -0.2) is 30.4 Å². The summed E-state index contributed by atoms with van der Waals surface area (Å²) in [5.74, 6) is 0.205. The number of para-hydroxylation sites is 1. The SMILES string of the molecule is C=C(C)CN(CC)C(=O)C1CCNc2ccccc21. The first-order valence-electron chi connectivity index (χ1n) is 6.89. The highest BCUT2D eigenvalue weighted by Gasteiger charge is 2.29. The highest BCUT2D eigenvalue weighted by molar-refractivity contribution is 5.86. The molecule has 1 amide bonds. The number of carbonyl (C=O) groups is 1. The van der Waals surface area contributed by atoms with Crippen molar-refractivity contribution < 1.29 is 4.79 Å². The molecule has 1 atom stereocenters. The van der Waals surface area contributed by atoms with Crippen LogP contribution in [0.4, 0.5) is 5.69 Å². The lowest BCUT2D eigenvalue weighted by Gasteiger charge is -2.31. The molecule has 3 nitrogen and oxygen atoms in total. The zero-order valence-corrected chi connectivity index (χ0v) is 11.8. The third-order valence-corrected chi connectivity index (χ3v) is 3.54. The van der Waals surface area contributed by atoms with Crippen molar-refractivity contribution in [2.75, 3.05) is 25.0 Å². The number of nitrogens with zero attached hydrogens (tertiary/aromatic N) is 1. The van der Waals surface area contributed by atoms with Crippen molar-refractivity contribution in [1.29, 1.82) is 0 Å². The van der Waals surface area contributed by atoms with E-state index in [-0.39, 0.29) is 11.8 Å². The molecular weight excluding hydrogens is 236 g/mol. The number of hydrogen-bond donors (Lipinski definition) is 1. The predicted octanol–water partition coefficient (Wildman–Crippen LogP) is 3.01. The fourth-order valence-corrected chi connectivity index (χ4v) is 2.62. The van der Waals surface area contributed by atoms with Crippen LogP contribution in [-0.2, 0) is 4.79 Å². The van der Waals surface area contributed by atoms with Gasteiger partial charge in [0.2, 0.25) is 5.91 Å². The molecule has 0 aromatic heterocycles. The van der Waals surface area contributed by atoms with Crippen molar-refractivity contribution in [3.8, 4) is 0 Å². The van der Waals surface area contributed by atoms with Crippen molar-refractivity contribution >= 4 is 11.6 Å². The maximum absolute atomic E-state index is 12.7. The number of nitrogens with one attached hydrogen (secondary N) is 1. The number of likely N-dealkylation sites (N-methyl/N-ethyl adjacent to an activating group) is 1. The van der Waals surface area contributed by atoms with Gasteiger partial charge in [0.1, 0.15) is 0 Å². The third-order valence-electron chi connectivity index (χ3n) is 3.54. The number of hydrogen-bond acceptors (Lipinski definition) is 2. The summed E-state index contributed by atoms with van der Waals surface area (Å²) in [4.78, 5) is 14.6. The van der Waals surface area contributed by atoms with E-state index in [9.17, 15) is 4.79 Å². The molecular formula is C16H22N2O. The minimum Gasteiger partial charge on any atom is -0.385 e. The summed E-state index contributed by atoms with van der Waals surface area (Å²) >= 11 is 0. The van der Waals surface area contributed by atoms with E-state index < -0.39 is 0 Å². The summed E-state index contributed by atoms with van der Waals surface area (Å²) in [6, 6.07) is 8.10. The molecule has 0 saturated carbocycles. The zero-order valence-electron chi connectivity index (χ0n) is 11.8. The molecule has 0 bridgehead atoms. The van der Waals surface area contributed by atoms with E-state index >= 15 is 0 Å². The quantitative estimate of drug-likeness (QED) is 0.842. The molecule has 0 saturated heterocycles. The van der Waals surface area contributed by atoms with Crippen molar-refractivity contribution in [2.45, 2.75) is 26.2 Å². The van der Waals surface area contributed by atoms with Crippen LogP contribution in [0.3, 0.4) is 0 Å². The van der Waals surface area contributed by atoms with Crippen LogP contribution < -0.4 is 5.32 Å². The van der Waals surface area contributed by atoms with Crippen LogP contribution in [0.25, 0.3) is 0 Å². The van der Waals surface area contributed by atoms with E-state index in [1.807, 2.05) is 36.9 Å². The lowest BCUT2D eigenvalue weighted by atomic mass is 9.89. The van der Waals surface area contributed by atoms with Gasteiger partial charge < -0.3 is 10.2 Å². The molecule has 1 aromatic rings. The van der Waals surface area contributed by atoms with E-state index in [0.29, 0.717) is 6.54 Å². The number of benzene rings is 1. The molecule has 0 aliphatic carbocycles. The molecule has 1 N–H and O–H groups in total. The first-order valence-corrected chi connectivity index (χ1v) is 6.89.